The minimum absolute atomic E-state index is 0. The number of methoxy groups -OCH3 is 1. The van der Waals surface area contributed by atoms with Crippen molar-refractivity contribution in [2.24, 2.45) is 0 Å². The van der Waals surface area contributed by atoms with E-state index < -0.39 is 12.3 Å². The van der Waals surface area contributed by atoms with Crippen LogP contribution < -0.4 is 31.4 Å². The Balaban J connectivity index is 0.00000256. The number of benzene rings is 2. The molecule has 0 saturated heterocycles. The zero-order valence-corrected chi connectivity index (χ0v) is 18.3. The summed E-state index contributed by atoms with van der Waals surface area (Å²) < 4.78 is 37.3. The van der Waals surface area contributed by atoms with Crippen LogP contribution in [0.1, 0.15) is 31.2 Å². The summed E-state index contributed by atoms with van der Waals surface area (Å²) >= 11 is 0. The third kappa shape index (κ3) is 4.16. The Morgan fingerprint density at radius 1 is 1.07 bits per heavy atom. The van der Waals surface area contributed by atoms with Crippen LogP contribution in [-0.2, 0) is 5.72 Å². The summed E-state index contributed by atoms with van der Waals surface area (Å²) in [7, 11) is 1.61. The van der Waals surface area contributed by atoms with Gasteiger partial charge >= 0.3 is 6.61 Å². The smallest absolute Gasteiger partial charge is 0.387 e. The maximum absolute atomic E-state index is 12.5. The quantitative estimate of drug-likeness (QED) is 0.644. The number of hydrogen-bond acceptors (Lipinski definition) is 4. The fourth-order valence-electron chi connectivity index (χ4n) is 4.30. The molecule has 1 unspecified atom stereocenters. The van der Waals surface area contributed by atoms with Gasteiger partial charge in [0.1, 0.15) is 5.75 Å². The van der Waals surface area contributed by atoms with Gasteiger partial charge in [0, 0.05) is 12.0 Å². The molecule has 2 aliphatic rings. The molecule has 2 aromatic carbocycles. The topological polar surface area (TPSA) is 44.9 Å². The molecule has 30 heavy (non-hydrogen) atoms. The fourth-order valence-corrected chi connectivity index (χ4v) is 4.30. The molecule has 0 saturated carbocycles. The summed E-state index contributed by atoms with van der Waals surface area (Å²) in [5, 5.41) is 11.9. The Morgan fingerprint density at radius 3 is 2.50 bits per heavy atom. The number of para-hydroxylation sites is 2. The molecule has 0 spiro atoms. The molecule has 2 heterocycles. The van der Waals surface area contributed by atoms with Gasteiger partial charge in [0.15, 0.2) is 18.0 Å². The molecule has 162 valence electrons. The number of nitrogens with zero attached hydrogens (tertiary/aromatic N) is 2. The zero-order valence-electron chi connectivity index (χ0n) is 16.7. The highest BCUT2D eigenvalue weighted by molar-refractivity contribution is 5.98. The summed E-state index contributed by atoms with van der Waals surface area (Å²) in [6.07, 6.45) is 4.13. The maximum Gasteiger partial charge on any atom is 0.387 e. The molecule has 0 amide bonds. The molecular formula is C22H25BrF2N2O3. The molecule has 4 rings (SSSR count). The van der Waals surface area contributed by atoms with Crippen LogP contribution in [0.25, 0.3) is 0 Å². The van der Waals surface area contributed by atoms with Gasteiger partial charge in [0.05, 0.1) is 13.7 Å². The normalized spacial score (nSPS) is 21.2. The minimum atomic E-state index is -2.88. The highest BCUT2D eigenvalue weighted by Gasteiger charge is 2.54. The van der Waals surface area contributed by atoms with E-state index in [9.17, 15) is 13.9 Å². The second kappa shape index (κ2) is 9.31. The molecule has 0 aromatic heterocycles. The lowest BCUT2D eigenvalue weighted by molar-refractivity contribution is -0.534. The molecule has 0 aliphatic carbocycles. The molecule has 0 fully saturated rings. The first kappa shape index (κ1) is 22.5. The van der Waals surface area contributed by atoms with Gasteiger partial charge in [0.25, 0.3) is 11.6 Å². The predicted molar refractivity (Wildman–Crippen MR) is 106 cm³/mol. The molecule has 1 atom stereocenters. The van der Waals surface area contributed by atoms with Gasteiger partial charge in [-0.3, -0.25) is 4.58 Å². The summed E-state index contributed by atoms with van der Waals surface area (Å²) in [6.45, 7) is -1.61. The standard InChI is InChI=1S/C22H25F2N2O3.BrH/c1-28-19-8-5-4-7-18(19)26-20-9-3-2-6-14-25(20)15-22(26,27)16-10-12-17(13-11-16)29-21(23)24;/h4-5,7-8,10-13,21,27H,2-3,6,9,14-15H2,1H3;1H/q+1;/p-1. The Morgan fingerprint density at radius 2 is 1.80 bits per heavy atom. The van der Waals surface area contributed by atoms with Gasteiger partial charge in [-0.25, -0.2) is 0 Å². The second-order valence-electron chi connectivity index (χ2n) is 7.38. The number of aliphatic hydroxyl groups is 1. The van der Waals surface area contributed by atoms with Crippen molar-refractivity contribution in [3.8, 4) is 11.5 Å². The van der Waals surface area contributed by atoms with Crippen LogP contribution in [0.3, 0.4) is 0 Å². The predicted octanol–water partition coefficient (Wildman–Crippen LogP) is 0.951. The summed E-state index contributed by atoms with van der Waals surface area (Å²) in [5.41, 5.74) is 0.0559. The molecule has 0 bridgehead atoms. The second-order valence-corrected chi connectivity index (χ2v) is 7.38. The SMILES string of the molecule is COc1ccccc1N1C2=[N+](CCCCC2)CC1(O)c1ccc(OC(F)F)cc1.[Br-]. The Bertz CT molecular complexity index is 908. The van der Waals surface area contributed by atoms with E-state index in [2.05, 4.69) is 9.31 Å². The number of alkyl halides is 2. The molecule has 2 aromatic rings. The number of ether oxygens (including phenoxy) is 2. The summed E-state index contributed by atoms with van der Waals surface area (Å²) in [5.74, 6) is 1.79. The van der Waals surface area contributed by atoms with Gasteiger partial charge in [-0.1, -0.05) is 12.1 Å². The van der Waals surface area contributed by atoms with Crippen LogP contribution in [-0.4, -0.2) is 42.3 Å². The maximum atomic E-state index is 12.5. The number of rotatable bonds is 5. The summed E-state index contributed by atoms with van der Waals surface area (Å²) in [4.78, 5) is 1.94. The van der Waals surface area contributed by atoms with Crippen molar-refractivity contribution in [3.63, 3.8) is 0 Å². The average molecular weight is 483 g/mol. The lowest BCUT2D eigenvalue weighted by atomic mass is 9.99. The largest absolute Gasteiger partial charge is 1.00 e. The zero-order chi connectivity index (χ0) is 20.4. The van der Waals surface area contributed by atoms with Gasteiger partial charge in [-0.2, -0.15) is 13.7 Å². The molecule has 1 N–H and O–H groups in total. The van der Waals surface area contributed by atoms with E-state index in [1.807, 2.05) is 29.2 Å². The third-order valence-electron chi connectivity index (χ3n) is 5.60. The van der Waals surface area contributed by atoms with Crippen LogP contribution in [0, 0.1) is 0 Å². The summed E-state index contributed by atoms with van der Waals surface area (Å²) in [6, 6.07) is 13.8. The van der Waals surface area contributed by atoms with Crippen LogP contribution in [0.15, 0.2) is 48.5 Å². The van der Waals surface area contributed by atoms with E-state index >= 15 is 0 Å². The molecule has 5 nitrogen and oxygen atoms in total. The van der Waals surface area contributed by atoms with E-state index in [1.54, 1.807) is 19.2 Å². The molecule has 2 aliphatic heterocycles. The Kier molecular flexibility index (Phi) is 6.98. The number of hydrogen-bond donors (Lipinski definition) is 1. The lowest BCUT2D eigenvalue weighted by Gasteiger charge is -2.30. The number of amidine groups is 1. The van der Waals surface area contributed by atoms with Crippen molar-refractivity contribution >= 4 is 11.5 Å². The molecule has 8 heteroatoms. The minimum Gasteiger partial charge on any atom is -1.00 e. The average Bonchev–Trinajstić information content (AvgIpc) is 2.84. The van der Waals surface area contributed by atoms with Crippen molar-refractivity contribution in [2.45, 2.75) is 38.0 Å². The van der Waals surface area contributed by atoms with E-state index in [0.29, 0.717) is 17.9 Å². The monoisotopic (exact) mass is 482 g/mol. The lowest BCUT2D eigenvalue weighted by Crippen LogP contribution is -3.00. The van der Waals surface area contributed by atoms with E-state index in [0.717, 1.165) is 43.8 Å². The molecule has 0 radical (unpaired) electrons. The Hall–Kier alpha value is -2.19. The van der Waals surface area contributed by atoms with Crippen molar-refractivity contribution in [1.82, 2.24) is 0 Å². The molecular weight excluding hydrogens is 458 g/mol. The first-order valence-corrected chi connectivity index (χ1v) is 9.84. The van der Waals surface area contributed by atoms with Crippen molar-refractivity contribution < 1.29 is 44.9 Å². The number of halogens is 3. The van der Waals surface area contributed by atoms with Gasteiger partial charge < -0.3 is 31.6 Å². The van der Waals surface area contributed by atoms with Gasteiger partial charge in [-0.15, -0.1) is 0 Å². The van der Waals surface area contributed by atoms with E-state index in [4.69, 9.17) is 4.74 Å². The van der Waals surface area contributed by atoms with Gasteiger partial charge in [-0.05, 0) is 55.7 Å². The van der Waals surface area contributed by atoms with Crippen LogP contribution in [0.5, 0.6) is 11.5 Å². The van der Waals surface area contributed by atoms with Crippen molar-refractivity contribution in [2.75, 3.05) is 25.1 Å². The number of anilines is 1. The first-order valence-electron chi connectivity index (χ1n) is 9.84. The Labute approximate surface area is 185 Å². The highest BCUT2D eigenvalue weighted by Crippen LogP contribution is 2.41. The third-order valence-corrected chi connectivity index (χ3v) is 5.60. The first-order chi connectivity index (χ1) is 14.0. The highest BCUT2D eigenvalue weighted by atomic mass is 79.9. The van der Waals surface area contributed by atoms with Crippen LogP contribution in [0.2, 0.25) is 0 Å². The van der Waals surface area contributed by atoms with Crippen LogP contribution in [0.4, 0.5) is 14.5 Å². The van der Waals surface area contributed by atoms with E-state index in [-0.39, 0.29) is 22.7 Å². The van der Waals surface area contributed by atoms with Crippen molar-refractivity contribution in [1.29, 1.82) is 0 Å². The van der Waals surface area contributed by atoms with Crippen molar-refractivity contribution in [3.05, 3.63) is 54.1 Å². The fraction of sp³-hybridized carbons (Fsp3) is 0.409. The van der Waals surface area contributed by atoms with E-state index in [1.165, 1.54) is 12.1 Å². The van der Waals surface area contributed by atoms with Gasteiger partial charge in [0.2, 0.25) is 0 Å². The van der Waals surface area contributed by atoms with Crippen LogP contribution >= 0.6 is 0 Å².